The van der Waals surface area contributed by atoms with E-state index >= 15 is 0 Å². The summed E-state index contributed by atoms with van der Waals surface area (Å²) in [7, 11) is 0. The van der Waals surface area contributed by atoms with E-state index in [1.54, 1.807) is 12.1 Å². The zero-order valence-corrected chi connectivity index (χ0v) is 11.9. The van der Waals surface area contributed by atoms with Crippen LogP contribution in [-0.2, 0) is 0 Å². The smallest absolute Gasteiger partial charge is 0.337 e. The van der Waals surface area contributed by atoms with Crippen molar-refractivity contribution in [1.29, 1.82) is 0 Å². The third-order valence-corrected chi connectivity index (χ3v) is 3.49. The quantitative estimate of drug-likeness (QED) is 0.778. The number of aromatic carboxylic acids is 1. The van der Waals surface area contributed by atoms with Gasteiger partial charge in [-0.25, -0.2) is 9.59 Å². The highest BCUT2D eigenvalue weighted by atomic mass is 79.9. The van der Waals surface area contributed by atoms with Crippen molar-refractivity contribution in [3.05, 3.63) is 28.2 Å². The Morgan fingerprint density at radius 3 is 2.74 bits per heavy atom. The van der Waals surface area contributed by atoms with E-state index in [1.807, 2.05) is 0 Å². The van der Waals surface area contributed by atoms with Gasteiger partial charge in [-0.3, -0.25) is 0 Å². The molecular weight excluding hydrogens is 312 g/mol. The summed E-state index contributed by atoms with van der Waals surface area (Å²) >= 11 is 3.25. The van der Waals surface area contributed by atoms with E-state index in [0.717, 1.165) is 12.3 Å². The first-order valence-electron chi connectivity index (χ1n) is 6.14. The molecule has 1 fully saturated rings. The third kappa shape index (κ3) is 4.24. The van der Waals surface area contributed by atoms with Crippen molar-refractivity contribution < 1.29 is 14.7 Å². The first kappa shape index (κ1) is 13.9. The number of carbonyl (C=O) groups excluding carboxylic acids is 1. The third-order valence-electron chi connectivity index (χ3n) is 3.00. The highest BCUT2D eigenvalue weighted by Gasteiger charge is 2.20. The largest absolute Gasteiger partial charge is 0.478 e. The predicted molar refractivity (Wildman–Crippen MR) is 75.5 cm³/mol. The van der Waals surface area contributed by atoms with E-state index in [-0.39, 0.29) is 17.3 Å². The number of amides is 2. The molecule has 0 saturated heterocycles. The number of benzene rings is 1. The van der Waals surface area contributed by atoms with Crippen LogP contribution in [0.2, 0.25) is 0 Å². The first-order chi connectivity index (χ1) is 9.06. The van der Waals surface area contributed by atoms with Crippen LogP contribution in [0, 0.1) is 5.92 Å². The number of carboxylic acids is 1. The van der Waals surface area contributed by atoms with Gasteiger partial charge < -0.3 is 15.7 Å². The molecule has 2 rings (SSSR count). The Labute approximate surface area is 119 Å². The van der Waals surface area contributed by atoms with Crippen LogP contribution in [0.25, 0.3) is 0 Å². The average Bonchev–Trinajstić information content (AvgIpc) is 3.12. The molecule has 1 aliphatic rings. The molecule has 1 aromatic rings. The van der Waals surface area contributed by atoms with Crippen molar-refractivity contribution in [3.63, 3.8) is 0 Å². The molecule has 0 radical (unpaired) electrons. The second-order valence-electron chi connectivity index (χ2n) is 4.61. The minimum absolute atomic E-state index is 0.0699. The highest BCUT2D eigenvalue weighted by molar-refractivity contribution is 9.10. The van der Waals surface area contributed by atoms with Crippen LogP contribution < -0.4 is 10.6 Å². The Balaban J connectivity index is 1.94. The number of hydrogen-bond acceptors (Lipinski definition) is 2. The van der Waals surface area contributed by atoms with Gasteiger partial charge in [-0.05, 0) is 30.5 Å². The summed E-state index contributed by atoms with van der Waals surface area (Å²) in [5, 5.41) is 14.3. The maximum Gasteiger partial charge on any atom is 0.337 e. The number of anilines is 1. The lowest BCUT2D eigenvalue weighted by molar-refractivity contribution is 0.0698. The van der Waals surface area contributed by atoms with Gasteiger partial charge in [0.15, 0.2) is 0 Å². The number of hydrogen-bond donors (Lipinski definition) is 3. The lowest BCUT2D eigenvalue weighted by atomic mass is 10.2. The van der Waals surface area contributed by atoms with Gasteiger partial charge in [-0.1, -0.05) is 28.8 Å². The molecular formula is C13H15BrN2O3. The number of urea groups is 1. The molecule has 0 spiro atoms. The summed E-state index contributed by atoms with van der Waals surface area (Å²) < 4.78 is 0.714. The normalized spacial score (nSPS) is 13.9. The number of halogens is 1. The summed E-state index contributed by atoms with van der Waals surface area (Å²) in [6.07, 6.45) is 3.48. The summed E-state index contributed by atoms with van der Waals surface area (Å²) in [6.45, 7) is 0.618. The molecule has 0 heterocycles. The zero-order chi connectivity index (χ0) is 13.8. The van der Waals surface area contributed by atoms with E-state index in [2.05, 4.69) is 26.6 Å². The van der Waals surface area contributed by atoms with Crippen LogP contribution in [0.15, 0.2) is 22.7 Å². The van der Waals surface area contributed by atoms with E-state index in [0.29, 0.717) is 11.0 Å². The lowest BCUT2D eigenvalue weighted by Crippen LogP contribution is -2.30. The molecule has 19 heavy (non-hydrogen) atoms. The van der Waals surface area contributed by atoms with Gasteiger partial charge in [0.05, 0.1) is 11.3 Å². The minimum atomic E-state index is -1.07. The molecule has 0 unspecified atom stereocenters. The molecule has 0 bridgehead atoms. The van der Waals surface area contributed by atoms with Crippen molar-refractivity contribution in [2.45, 2.75) is 19.3 Å². The molecule has 3 N–H and O–H groups in total. The van der Waals surface area contributed by atoms with Crippen molar-refractivity contribution in [1.82, 2.24) is 5.32 Å². The maximum absolute atomic E-state index is 11.7. The Hall–Kier alpha value is -1.56. The van der Waals surface area contributed by atoms with Crippen molar-refractivity contribution in [2.75, 3.05) is 11.9 Å². The highest BCUT2D eigenvalue weighted by Crippen LogP contribution is 2.31. The maximum atomic E-state index is 11.7. The number of nitrogens with one attached hydrogen (secondary N) is 2. The first-order valence-corrected chi connectivity index (χ1v) is 6.93. The van der Waals surface area contributed by atoms with Gasteiger partial charge in [0.2, 0.25) is 0 Å². The molecule has 102 valence electrons. The standard InChI is InChI=1S/C13H15BrN2O3/c14-9-3-4-10(12(17)18)11(7-9)16-13(19)15-6-5-8-1-2-8/h3-4,7-8H,1-2,5-6H2,(H,17,18)(H2,15,16,19). The van der Waals surface area contributed by atoms with Gasteiger partial charge in [0.25, 0.3) is 0 Å². The Morgan fingerprint density at radius 1 is 1.37 bits per heavy atom. The molecule has 1 aliphatic carbocycles. The van der Waals surface area contributed by atoms with Gasteiger partial charge in [0.1, 0.15) is 0 Å². The Kier molecular flexibility index (Phi) is 4.42. The fraction of sp³-hybridized carbons (Fsp3) is 0.385. The predicted octanol–water partition coefficient (Wildman–Crippen LogP) is 3.07. The van der Waals surface area contributed by atoms with Crippen LogP contribution >= 0.6 is 15.9 Å². The summed E-state index contributed by atoms with van der Waals surface area (Å²) in [5.41, 5.74) is 0.353. The van der Waals surface area contributed by atoms with Crippen LogP contribution in [0.5, 0.6) is 0 Å². The van der Waals surface area contributed by atoms with Gasteiger partial charge >= 0.3 is 12.0 Å². The monoisotopic (exact) mass is 326 g/mol. The van der Waals surface area contributed by atoms with E-state index in [1.165, 1.54) is 18.9 Å². The van der Waals surface area contributed by atoms with Crippen molar-refractivity contribution in [3.8, 4) is 0 Å². The van der Waals surface area contributed by atoms with Gasteiger partial charge in [0, 0.05) is 11.0 Å². The topological polar surface area (TPSA) is 78.4 Å². The fourth-order valence-electron chi connectivity index (χ4n) is 1.77. The zero-order valence-electron chi connectivity index (χ0n) is 10.3. The van der Waals surface area contributed by atoms with Crippen molar-refractivity contribution >= 4 is 33.6 Å². The Morgan fingerprint density at radius 2 is 2.11 bits per heavy atom. The van der Waals surface area contributed by atoms with E-state index < -0.39 is 5.97 Å². The number of carboxylic acid groups (broad SMARTS) is 1. The lowest BCUT2D eigenvalue weighted by Gasteiger charge is -2.10. The van der Waals surface area contributed by atoms with Crippen molar-refractivity contribution in [2.24, 2.45) is 5.92 Å². The van der Waals surface area contributed by atoms with Gasteiger partial charge in [-0.15, -0.1) is 0 Å². The summed E-state index contributed by atoms with van der Waals surface area (Å²) in [6, 6.07) is 4.27. The molecule has 0 atom stereocenters. The summed E-state index contributed by atoms with van der Waals surface area (Å²) in [5.74, 6) is -0.318. The average molecular weight is 327 g/mol. The fourth-order valence-corrected chi connectivity index (χ4v) is 2.13. The SMILES string of the molecule is O=C(NCCC1CC1)Nc1cc(Br)ccc1C(=O)O. The molecule has 1 saturated carbocycles. The van der Waals surface area contributed by atoms with E-state index in [4.69, 9.17) is 5.11 Å². The summed E-state index contributed by atoms with van der Waals surface area (Å²) in [4.78, 5) is 22.7. The molecule has 0 aliphatic heterocycles. The number of rotatable bonds is 5. The number of carbonyl (C=O) groups is 2. The van der Waals surface area contributed by atoms with Crippen LogP contribution in [-0.4, -0.2) is 23.7 Å². The molecule has 5 nitrogen and oxygen atoms in total. The van der Waals surface area contributed by atoms with Crippen LogP contribution in [0.4, 0.5) is 10.5 Å². The van der Waals surface area contributed by atoms with E-state index in [9.17, 15) is 9.59 Å². The Bertz CT molecular complexity index is 501. The molecule has 6 heteroatoms. The molecule has 2 amide bonds. The molecule has 0 aromatic heterocycles. The second kappa shape index (κ2) is 6.06. The van der Waals surface area contributed by atoms with Crippen LogP contribution in [0.3, 0.4) is 0 Å². The minimum Gasteiger partial charge on any atom is -0.478 e. The molecule has 1 aromatic carbocycles. The van der Waals surface area contributed by atoms with Gasteiger partial charge in [-0.2, -0.15) is 0 Å². The second-order valence-corrected chi connectivity index (χ2v) is 5.52. The van der Waals surface area contributed by atoms with Crippen LogP contribution in [0.1, 0.15) is 29.6 Å².